The Morgan fingerprint density at radius 1 is 1.38 bits per heavy atom. The number of carbonyl (C=O) groups is 1. The molecule has 0 saturated carbocycles. The van der Waals surface area contributed by atoms with Crippen LogP contribution in [0.25, 0.3) is 0 Å². The zero-order valence-electron chi connectivity index (χ0n) is 12.2. The quantitative estimate of drug-likeness (QED) is 0.927. The fourth-order valence-corrected chi connectivity index (χ4v) is 3.12. The molecule has 1 aromatic carbocycles. The van der Waals surface area contributed by atoms with E-state index >= 15 is 0 Å². The number of nitrogens with one attached hydrogen (secondary N) is 1. The molecule has 1 aromatic rings. The van der Waals surface area contributed by atoms with Crippen LogP contribution in [0.3, 0.4) is 0 Å². The van der Waals surface area contributed by atoms with E-state index in [0.717, 1.165) is 25.0 Å². The van der Waals surface area contributed by atoms with Gasteiger partial charge in [0, 0.05) is 19.1 Å². The van der Waals surface area contributed by atoms with Crippen LogP contribution in [0.15, 0.2) is 24.3 Å². The lowest BCUT2D eigenvalue weighted by molar-refractivity contribution is -0.131. The molecular weight excluding hydrogens is 271 g/mol. The van der Waals surface area contributed by atoms with Crippen LogP contribution in [-0.4, -0.2) is 36.6 Å². The number of hydrogen-bond acceptors (Lipinski definition) is 3. The van der Waals surface area contributed by atoms with Gasteiger partial charge in [-0.15, -0.1) is 0 Å². The highest BCUT2D eigenvalue weighted by Gasteiger charge is 2.38. The fourth-order valence-electron chi connectivity index (χ4n) is 3.12. The average Bonchev–Trinajstić information content (AvgIpc) is 2.78. The highest BCUT2D eigenvalue weighted by molar-refractivity contribution is 5.84. The molecule has 0 spiro atoms. The summed E-state index contributed by atoms with van der Waals surface area (Å²) in [6, 6.07) is 6.15. The van der Waals surface area contributed by atoms with Crippen LogP contribution in [0.4, 0.5) is 4.39 Å². The van der Waals surface area contributed by atoms with Crippen LogP contribution in [0.2, 0.25) is 0 Å². The number of carbonyl (C=O) groups excluding carboxylic acids is 1. The van der Waals surface area contributed by atoms with Crippen molar-refractivity contribution in [1.82, 2.24) is 10.2 Å². The standard InChI is InChI=1S/C16H21FN2O2/c1-11-16(20)19(9-12-3-2-8-21-10-12)15(18-11)13-4-6-14(17)7-5-13/h4-7,11-12,15,18H,2-3,8-10H2,1H3. The van der Waals surface area contributed by atoms with Gasteiger partial charge in [0.2, 0.25) is 5.91 Å². The third-order valence-corrected chi connectivity index (χ3v) is 4.27. The molecule has 2 aliphatic heterocycles. The summed E-state index contributed by atoms with van der Waals surface area (Å²) in [4.78, 5) is 14.3. The molecule has 0 aliphatic carbocycles. The molecule has 2 saturated heterocycles. The fraction of sp³-hybridized carbons (Fsp3) is 0.562. The minimum atomic E-state index is -0.261. The van der Waals surface area contributed by atoms with E-state index in [0.29, 0.717) is 19.1 Å². The smallest absolute Gasteiger partial charge is 0.241 e. The van der Waals surface area contributed by atoms with Crippen molar-refractivity contribution in [2.24, 2.45) is 5.92 Å². The van der Waals surface area contributed by atoms with Gasteiger partial charge >= 0.3 is 0 Å². The first kappa shape index (κ1) is 14.5. The first-order valence-corrected chi connectivity index (χ1v) is 7.55. The zero-order chi connectivity index (χ0) is 14.8. The maximum absolute atomic E-state index is 13.1. The molecule has 3 atom stereocenters. The summed E-state index contributed by atoms with van der Waals surface area (Å²) in [5.74, 6) is 0.232. The second-order valence-electron chi connectivity index (χ2n) is 5.92. The second-order valence-corrected chi connectivity index (χ2v) is 5.92. The Hall–Kier alpha value is -1.46. The van der Waals surface area contributed by atoms with Gasteiger partial charge in [-0.25, -0.2) is 4.39 Å². The van der Waals surface area contributed by atoms with Gasteiger partial charge in [-0.1, -0.05) is 12.1 Å². The van der Waals surface area contributed by atoms with Gasteiger partial charge in [0.05, 0.1) is 12.6 Å². The predicted octanol–water partition coefficient (Wildman–Crippen LogP) is 2.07. The van der Waals surface area contributed by atoms with Gasteiger partial charge in [0.15, 0.2) is 0 Å². The number of benzene rings is 1. The summed E-state index contributed by atoms with van der Waals surface area (Å²) in [6.45, 7) is 4.10. The topological polar surface area (TPSA) is 41.6 Å². The van der Waals surface area contributed by atoms with E-state index in [-0.39, 0.29) is 23.9 Å². The second kappa shape index (κ2) is 6.12. The van der Waals surface area contributed by atoms with Gasteiger partial charge in [0.25, 0.3) is 0 Å². The molecule has 4 nitrogen and oxygen atoms in total. The van der Waals surface area contributed by atoms with E-state index in [9.17, 15) is 9.18 Å². The van der Waals surface area contributed by atoms with Gasteiger partial charge in [-0.05, 0) is 37.5 Å². The monoisotopic (exact) mass is 292 g/mol. The summed E-state index contributed by atoms with van der Waals surface area (Å²) in [7, 11) is 0. The molecule has 21 heavy (non-hydrogen) atoms. The Morgan fingerprint density at radius 3 is 2.81 bits per heavy atom. The lowest BCUT2D eigenvalue weighted by Gasteiger charge is -2.30. The zero-order valence-corrected chi connectivity index (χ0v) is 12.2. The van der Waals surface area contributed by atoms with Gasteiger partial charge in [-0.3, -0.25) is 10.1 Å². The van der Waals surface area contributed by atoms with Crippen molar-refractivity contribution < 1.29 is 13.9 Å². The first-order chi connectivity index (χ1) is 10.1. The van der Waals surface area contributed by atoms with E-state index in [2.05, 4.69) is 5.32 Å². The molecule has 1 N–H and O–H groups in total. The van der Waals surface area contributed by atoms with Crippen molar-refractivity contribution in [1.29, 1.82) is 0 Å². The number of ether oxygens (including phenoxy) is 1. The van der Waals surface area contributed by atoms with Crippen molar-refractivity contribution in [2.75, 3.05) is 19.8 Å². The normalized spacial score (nSPS) is 29.9. The molecule has 0 aromatic heterocycles. The minimum Gasteiger partial charge on any atom is -0.381 e. The Kier molecular flexibility index (Phi) is 4.22. The molecule has 5 heteroatoms. The summed E-state index contributed by atoms with van der Waals surface area (Å²) in [6.07, 6.45) is 1.97. The minimum absolute atomic E-state index is 0.106. The summed E-state index contributed by atoms with van der Waals surface area (Å²) in [5.41, 5.74) is 0.922. The number of nitrogens with zero attached hydrogens (tertiary/aromatic N) is 1. The molecule has 1 amide bonds. The van der Waals surface area contributed by atoms with Crippen LogP contribution in [0.1, 0.15) is 31.5 Å². The highest BCUT2D eigenvalue weighted by atomic mass is 19.1. The predicted molar refractivity (Wildman–Crippen MR) is 77.0 cm³/mol. The van der Waals surface area contributed by atoms with Crippen LogP contribution in [0.5, 0.6) is 0 Å². The molecule has 0 radical (unpaired) electrons. The SMILES string of the molecule is CC1NC(c2ccc(F)cc2)N(CC2CCCOC2)C1=O. The van der Waals surface area contributed by atoms with Crippen molar-refractivity contribution in [2.45, 2.75) is 32.0 Å². The van der Waals surface area contributed by atoms with Crippen molar-refractivity contribution in [3.8, 4) is 0 Å². The molecule has 2 heterocycles. The molecular formula is C16H21FN2O2. The molecule has 0 bridgehead atoms. The Balaban J connectivity index is 1.77. The molecule has 3 unspecified atom stereocenters. The van der Waals surface area contributed by atoms with Gasteiger partial charge < -0.3 is 9.64 Å². The van der Waals surface area contributed by atoms with Crippen LogP contribution >= 0.6 is 0 Å². The third kappa shape index (κ3) is 3.09. The Morgan fingerprint density at radius 2 is 2.14 bits per heavy atom. The van der Waals surface area contributed by atoms with Crippen LogP contribution in [0, 0.1) is 11.7 Å². The molecule has 114 valence electrons. The number of hydrogen-bond donors (Lipinski definition) is 1. The van der Waals surface area contributed by atoms with Crippen molar-refractivity contribution in [3.05, 3.63) is 35.6 Å². The lowest BCUT2D eigenvalue weighted by atomic mass is 10.0. The van der Waals surface area contributed by atoms with E-state index in [1.54, 1.807) is 12.1 Å². The van der Waals surface area contributed by atoms with Crippen molar-refractivity contribution in [3.63, 3.8) is 0 Å². The summed E-state index contributed by atoms with van der Waals surface area (Å²) >= 11 is 0. The number of rotatable bonds is 3. The van der Waals surface area contributed by atoms with E-state index < -0.39 is 0 Å². The summed E-state index contributed by atoms with van der Waals surface area (Å²) < 4.78 is 18.6. The van der Waals surface area contributed by atoms with E-state index in [1.807, 2.05) is 11.8 Å². The van der Waals surface area contributed by atoms with Crippen molar-refractivity contribution >= 4 is 5.91 Å². The van der Waals surface area contributed by atoms with E-state index in [4.69, 9.17) is 4.74 Å². The molecule has 2 aliphatic rings. The Bertz CT molecular complexity index is 500. The first-order valence-electron chi connectivity index (χ1n) is 7.55. The summed E-state index contributed by atoms with van der Waals surface area (Å²) in [5, 5.41) is 3.29. The van der Waals surface area contributed by atoms with Crippen LogP contribution < -0.4 is 5.32 Å². The number of halogens is 1. The Labute approximate surface area is 124 Å². The largest absolute Gasteiger partial charge is 0.381 e. The average molecular weight is 292 g/mol. The molecule has 2 fully saturated rings. The third-order valence-electron chi connectivity index (χ3n) is 4.27. The maximum atomic E-state index is 13.1. The van der Waals surface area contributed by atoms with Gasteiger partial charge in [0.1, 0.15) is 12.0 Å². The lowest BCUT2D eigenvalue weighted by Crippen LogP contribution is -2.37. The maximum Gasteiger partial charge on any atom is 0.241 e. The van der Waals surface area contributed by atoms with Crippen LogP contribution in [-0.2, 0) is 9.53 Å². The molecule has 3 rings (SSSR count). The highest BCUT2D eigenvalue weighted by Crippen LogP contribution is 2.28. The van der Waals surface area contributed by atoms with Gasteiger partial charge in [-0.2, -0.15) is 0 Å². The number of amides is 1. The van der Waals surface area contributed by atoms with E-state index in [1.165, 1.54) is 12.1 Å².